The van der Waals surface area contributed by atoms with Crippen molar-refractivity contribution in [3.8, 4) is 5.75 Å². The van der Waals surface area contributed by atoms with Crippen LogP contribution in [0.15, 0.2) is 61.1 Å². The number of likely N-dealkylation sites (tertiary alicyclic amines) is 1. The Morgan fingerprint density at radius 3 is 2.63 bits per heavy atom. The molecule has 0 bridgehead atoms. The van der Waals surface area contributed by atoms with Gasteiger partial charge in [0.1, 0.15) is 18.0 Å². The maximum absolute atomic E-state index is 13.9. The summed E-state index contributed by atoms with van der Waals surface area (Å²) in [5.41, 5.74) is 4.25. The van der Waals surface area contributed by atoms with Crippen molar-refractivity contribution in [2.24, 2.45) is 5.92 Å². The van der Waals surface area contributed by atoms with E-state index in [2.05, 4.69) is 34.3 Å². The number of rotatable bonds is 12. The molecule has 2 heterocycles. The average molecular weight is 517 g/mol. The molecule has 1 aliphatic heterocycles. The van der Waals surface area contributed by atoms with Crippen molar-refractivity contribution in [2.45, 2.75) is 57.2 Å². The summed E-state index contributed by atoms with van der Waals surface area (Å²) in [7, 11) is 1.62. The van der Waals surface area contributed by atoms with Gasteiger partial charge in [-0.3, -0.25) is 9.59 Å². The van der Waals surface area contributed by atoms with E-state index in [1.54, 1.807) is 19.6 Å². The van der Waals surface area contributed by atoms with Crippen LogP contribution in [-0.4, -0.2) is 59.2 Å². The summed E-state index contributed by atoms with van der Waals surface area (Å²) in [6.07, 6.45) is 6.53. The summed E-state index contributed by atoms with van der Waals surface area (Å²) in [5.74, 6) is 1.18. The maximum atomic E-state index is 13.9. The van der Waals surface area contributed by atoms with Crippen molar-refractivity contribution < 1.29 is 19.1 Å². The van der Waals surface area contributed by atoms with Crippen LogP contribution >= 0.6 is 0 Å². The van der Waals surface area contributed by atoms with Crippen LogP contribution in [0.4, 0.5) is 0 Å². The van der Waals surface area contributed by atoms with E-state index < -0.39 is 6.04 Å². The lowest BCUT2D eigenvalue weighted by atomic mass is 9.85. The van der Waals surface area contributed by atoms with Crippen molar-refractivity contribution in [3.05, 3.63) is 83.4 Å². The van der Waals surface area contributed by atoms with Crippen LogP contribution in [0.1, 0.15) is 47.6 Å². The highest BCUT2D eigenvalue weighted by atomic mass is 16.5. The fraction of sp³-hybridized carbons (Fsp3) is 0.433. The highest BCUT2D eigenvalue weighted by Gasteiger charge is 2.46. The second-order valence-electron chi connectivity index (χ2n) is 10.4. The molecule has 2 N–H and O–H groups in total. The molecule has 2 aromatic carbocycles. The monoisotopic (exact) mass is 516 g/mol. The van der Waals surface area contributed by atoms with Gasteiger partial charge in [0, 0.05) is 37.2 Å². The first-order valence-electron chi connectivity index (χ1n) is 13.4. The number of benzene rings is 2. The predicted octanol–water partition coefficient (Wildman–Crippen LogP) is 3.77. The third kappa shape index (κ3) is 6.25. The number of aromatic amines is 1. The number of hydrogen-bond donors (Lipinski definition) is 2. The Morgan fingerprint density at radius 1 is 1.16 bits per heavy atom. The molecule has 1 aromatic heterocycles. The van der Waals surface area contributed by atoms with Gasteiger partial charge in [0.15, 0.2) is 0 Å². The van der Waals surface area contributed by atoms with Gasteiger partial charge in [-0.15, -0.1) is 0 Å². The van der Waals surface area contributed by atoms with Crippen molar-refractivity contribution in [1.29, 1.82) is 0 Å². The average Bonchev–Trinajstić information content (AvgIpc) is 3.59. The largest absolute Gasteiger partial charge is 0.497 e. The van der Waals surface area contributed by atoms with Crippen LogP contribution in [0.25, 0.3) is 0 Å². The maximum Gasteiger partial charge on any atom is 0.247 e. The molecule has 8 nitrogen and oxygen atoms in total. The number of hydrogen-bond acceptors (Lipinski definition) is 5. The third-order valence-corrected chi connectivity index (χ3v) is 7.52. The molecular formula is C30H36N4O4. The minimum absolute atomic E-state index is 0.110. The number of ether oxygens (including phenoxy) is 2. The van der Waals surface area contributed by atoms with Crippen molar-refractivity contribution >= 4 is 11.8 Å². The number of methoxy groups -OCH3 is 1. The van der Waals surface area contributed by atoms with Crippen LogP contribution in [0.2, 0.25) is 0 Å². The molecule has 38 heavy (non-hydrogen) atoms. The zero-order valence-electron chi connectivity index (χ0n) is 22.1. The number of nitrogens with zero attached hydrogens (tertiary/aromatic N) is 2. The molecule has 2 unspecified atom stereocenters. The molecule has 2 fully saturated rings. The van der Waals surface area contributed by atoms with Gasteiger partial charge in [-0.25, -0.2) is 4.98 Å². The van der Waals surface area contributed by atoms with Crippen LogP contribution in [0, 0.1) is 12.8 Å². The number of H-pyrrole nitrogens is 1. The SMILES string of the molecule is COc1ccc(CC(NC(=O)CCc2cnc[nH]2)C(=O)N2CC(c3ccccc3C)[C@H]2OCC2CC2)cc1. The standard InChI is InChI=1S/C30H36N4O4/c1-20-5-3-4-6-25(20)26-17-34(30(26)38-18-22-7-8-22)29(36)27(15-21-9-12-24(37-2)13-10-21)33-28(35)14-11-23-16-31-19-32-23/h3-6,9-10,12-13,16,19,22,26-27,30H,7-8,11,14-15,17-18H2,1-2H3,(H,31,32)(H,33,35)/t26?,27?,30-/m1/s1. The minimum Gasteiger partial charge on any atom is -0.497 e. The molecule has 3 aromatic rings. The quantitative estimate of drug-likeness (QED) is 0.382. The van der Waals surface area contributed by atoms with Gasteiger partial charge in [-0.05, 0) is 60.9 Å². The number of amides is 2. The topological polar surface area (TPSA) is 96.5 Å². The van der Waals surface area contributed by atoms with Crippen molar-refractivity contribution in [3.63, 3.8) is 0 Å². The van der Waals surface area contributed by atoms with Gasteiger partial charge >= 0.3 is 0 Å². The Hall–Kier alpha value is -3.65. The fourth-order valence-electron chi connectivity index (χ4n) is 5.01. The Morgan fingerprint density at radius 2 is 1.95 bits per heavy atom. The van der Waals surface area contributed by atoms with E-state index in [1.807, 2.05) is 41.3 Å². The zero-order valence-corrected chi connectivity index (χ0v) is 22.1. The summed E-state index contributed by atoms with van der Waals surface area (Å²) < 4.78 is 11.6. The molecule has 200 valence electrons. The first kappa shape index (κ1) is 26.0. The molecule has 0 radical (unpaired) electrons. The lowest BCUT2D eigenvalue weighted by Gasteiger charge is -2.49. The predicted molar refractivity (Wildman–Crippen MR) is 144 cm³/mol. The molecule has 8 heteroatoms. The van der Waals surface area contributed by atoms with Gasteiger partial charge in [0.2, 0.25) is 11.8 Å². The van der Waals surface area contributed by atoms with Crippen LogP contribution in [0.5, 0.6) is 5.75 Å². The molecule has 2 aliphatic rings. The van der Waals surface area contributed by atoms with E-state index in [4.69, 9.17) is 9.47 Å². The summed E-state index contributed by atoms with van der Waals surface area (Å²) in [6, 6.07) is 15.2. The number of imidazole rings is 1. The van der Waals surface area contributed by atoms with Crippen molar-refractivity contribution in [1.82, 2.24) is 20.2 Å². The third-order valence-electron chi connectivity index (χ3n) is 7.52. The van der Waals surface area contributed by atoms with E-state index in [1.165, 1.54) is 24.0 Å². The normalized spacial score (nSPS) is 19.5. The lowest BCUT2D eigenvalue weighted by molar-refractivity contribution is -0.175. The van der Waals surface area contributed by atoms with Gasteiger partial charge < -0.3 is 24.7 Å². The molecular weight excluding hydrogens is 480 g/mol. The summed E-state index contributed by atoms with van der Waals surface area (Å²) >= 11 is 0. The number of nitrogens with one attached hydrogen (secondary N) is 2. The Labute approximate surface area is 223 Å². The molecule has 5 rings (SSSR count). The highest BCUT2D eigenvalue weighted by molar-refractivity contribution is 5.88. The molecule has 3 atom stereocenters. The van der Waals surface area contributed by atoms with E-state index in [0.717, 1.165) is 17.0 Å². The van der Waals surface area contributed by atoms with E-state index >= 15 is 0 Å². The summed E-state index contributed by atoms with van der Waals surface area (Å²) in [5, 5.41) is 3.02. The fourth-order valence-corrected chi connectivity index (χ4v) is 5.01. The molecule has 2 amide bonds. The van der Waals surface area contributed by atoms with Gasteiger partial charge in [-0.1, -0.05) is 36.4 Å². The van der Waals surface area contributed by atoms with Gasteiger partial charge in [0.05, 0.1) is 20.0 Å². The van der Waals surface area contributed by atoms with Gasteiger partial charge in [-0.2, -0.15) is 0 Å². The van der Waals surface area contributed by atoms with E-state index in [-0.39, 0.29) is 30.4 Å². The second kappa shape index (κ2) is 11.8. The van der Waals surface area contributed by atoms with Crippen LogP contribution < -0.4 is 10.1 Å². The number of aryl methyl sites for hydroxylation is 2. The first-order valence-corrected chi connectivity index (χ1v) is 13.4. The molecule has 1 saturated carbocycles. The lowest BCUT2D eigenvalue weighted by Crippen LogP contribution is -2.63. The van der Waals surface area contributed by atoms with Gasteiger partial charge in [0.25, 0.3) is 0 Å². The first-order chi connectivity index (χ1) is 18.5. The van der Waals surface area contributed by atoms with E-state index in [9.17, 15) is 9.59 Å². The zero-order chi connectivity index (χ0) is 26.5. The minimum atomic E-state index is -0.692. The number of carbonyl (C=O) groups is 2. The highest BCUT2D eigenvalue weighted by Crippen LogP contribution is 2.39. The molecule has 1 aliphatic carbocycles. The van der Waals surface area contributed by atoms with Crippen molar-refractivity contribution in [2.75, 3.05) is 20.3 Å². The Kier molecular flexibility index (Phi) is 8.08. The van der Waals surface area contributed by atoms with Crippen LogP contribution in [-0.2, 0) is 27.2 Å². The van der Waals surface area contributed by atoms with E-state index in [0.29, 0.717) is 31.9 Å². The Bertz CT molecular complexity index is 1220. The summed E-state index contributed by atoms with van der Waals surface area (Å²) in [6.45, 7) is 3.34. The smallest absolute Gasteiger partial charge is 0.247 e. The number of aromatic nitrogens is 2. The molecule has 1 saturated heterocycles. The number of carbonyl (C=O) groups excluding carboxylic acids is 2. The summed E-state index contributed by atoms with van der Waals surface area (Å²) in [4.78, 5) is 35.7. The molecule has 0 spiro atoms. The second-order valence-corrected chi connectivity index (χ2v) is 10.4. The van der Waals surface area contributed by atoms with Crippen LogP contribution in [0.3, 0.4) is 0 Å². The Balaban J connectivity index is 1.32.